The van der Waals surface area contributed by atoms with Crippen LogP contribution in [0.2, 0.25) is 5.02 Å². The molecule has 0 spiro atoms. The van der Waals surface area contributed by atoms with E-state index < -0.39 is 5.60 Å². The number of hydrogen-bond acceptors (Lipinski definition) is 4. The molecule has 1 saturated carbocycles. The highest BCUT2D eigenvalue weighted by atomic mass is 35.5. The van der Waals surface area contributed by atoms with E-state index in [0.29, 0.717) is 11.6 Å². The summed E-state index contributed by atoms with van der Waals surface area (Å²) in [5, 5.41) is 16.0. The van der Waals surface area contributed by atoms with E-state index in [4.69, 9.17) is 16.3 Å². The van der Waals surface area contributed by atoms with Crippen LogP contribution in [0.3, 0.4) is 0 Å². The Kier molecular flexibility index (Phi) is 4.36. The normalized spacial score (nSPS) is 28.5. The maximum atomic E-state index is 11.2. The molecule has 0 unspecified atom stereocenters. The van der Waals surface area contributed by atoms with Gasteiger partial charge in [0.25, 0.3) is 0 Å². The number of nitrogens with zero attached hydrogens (tertiary/aromatic N) is 3. The number of benzene rings is 1. The van der Waals surface area contributed by atoms with E-state index in [2.05, 4.69) is 17.0 Å². The first-order valence-corrected chi connectivity index (χ1v) is 7.93. The Morgan fingerprint density at radius 2 is 2.14 bits per heavy atom. The highest BCUT2D eigenvalue weighted by molar-refractivity contribution is 6.30. The lowest BCUT2D eigenvalue weighted by Crippen LogP contribution is -2.56. The van der Waals surface area contributed by atoms with Crippen molar-refractivity contribution in [3.8, 4) is 5.75 Å². The van der Waals surface area contributed by atoms with Crippen LogP contribution in [0.5, 0.6) is 5.75 Å². The van der Waals surface area contributed by atoms with Gasteiger partial charge >= 0.3 is 0 Å². The topological polar surface area (TPSA) is 60.2 Å². The fourth-order valence-electron chi connectivity index (χ4n) is 3.10. The van der Waals surface area contributed by atoms with Crippen LogP contribution in [-0.2, 0) is 6.54 Å². The smallest absolute Gasteiger partial charge is 0.137 e. The Labute approximate surface area is 134 Å². The van der Waals surface area contributed by atoms with Crippen LogP contribution >= 0.6 is 11.6 Å². The van der Waals surface area contributed by atoms with Gasteiger partial charge in [-0.15, -0.1) is 0 Å². The third kappa shape index (κ3) is 3.10. The average molecular weight is 322 g/mol. The van der Waals surface area contributed by atoms with Crippen molar-refractivity contribution in [3.63, 3.8) is 0 Å². The molecule has 0 bridgehead atoms. The molecule has 0 radical (unpaired) electrons. The number of aliphatic hydroxyl groups is 1. The van der Waals surface area contributed by atoms with Gasteiger partial charge in [0.2, 0.25) is 0 Å². The molecular formula is C16H20ClN3O2. The van der Waals surface area contributed by atoms with Crippen LogP contribution in [0, 0.1) is 5.92 Å². The first-order valence-electron chi connectivity index (χ1n) is 7.55. The second-order valence-corrected chi connectivity index (χ2v) is 6.41. The Bertz CT molecular complexity index is 602. The first-order chi connectivity index (χ1) is 10.6. The van der Waals surface area contributed by atoms with Crippen LogP contribution in [0.1, 0.15) is 26.2 Å². The summed E-state index contributed by atoms with van der Waals surface area (Å²) in [6.07, 6.45) is 5.66. The molecule has 22 heavy (non-hydrogen) atoms. The molecule has 0 aliphatic heterocycles. The van der Waals surface area contributed by atoms with E-state index >= 15 is 0 Å². The first kappa shape index (κ1) is 15.3. The van der Waals surface area contributed by atoms with Gasteiger partial charge in [-0.1, -0.05) is 18.5 Å². The lowest BCUT2D eigenvalue weighted by Gasteiger charge is -2.44. The number of rotatable bonds is 4. The predicted octanol–water partition coefficient (Wildman–Crippen LogP) is 2.93. The van der Waals surface area contributed by atoms with E-state index in [-0.39, 0.29) is 12.0 Å². The van der Waals surface area contributed by atoms with Crippen molar-refractivity contribution in [1.29, 1.82) is 0 Å². The Morgan fingerprint density at radius 1 is 1.36 bits per heavy atom. The summed E-state index contributed by atoms with van der Waals surface area (Å²) in [4.78, 5) is 3.95. The number of halogens is 1. The molecule has 1 aromatic heterocycles. The quantitative estimate of drug-likeness (QED) is 0.940. The fraction of sp³-hybridized carbons (Fsp3) is 0.500. The molecule has 118 valence electrons. The summed E-state index contributed by atoms with van der Waals surface area (Å²) in [5.41, 5.74) is -0.967. The van der Waals surface area contributed by atoms with Gasteiger partial charge in [-0.2, -0.15) is 5.10 Å². The molecule has 5 nitrogen and oxygen atoms in total. The molecule has 0 saturated heterocycles. The van der Waals surface area contributed by atoms with Crippen molar-refractivity contribution in [1.82, 2.24) is 14.8 Å². The summed E-state index contributed by atoms with van der Waals surface area (Å²) in [6, 6.07) is 7.24. The van der Waals surface area contributed by atoms with Crippen LogP contribution in [0.4, 0.5) is 0 Å². The molecule has 0 amide bonds. The number of aromatic nitrogens is 3. The predicted molar refractivity (Wildman–Crippen MR) is 83.9 cm³/mol. The van der Waals surface area contributed by atoms with Crippen molar-refractivity contribution in [3.05, 3.63) is 41.9 Å². The van der Waals surface area contributed by atoms with Gasteiger partial charge in [0.15, 0.2) is 0 Å². The largest absolute Gasteiger partial charge is 0.487 e. The summed E-state index contributed by atoms with van der Waals surface area (Å²) < 4.78 is 7.74. The summed E-state index contributed by atoms with van der Waals surface area (Å²) in [6.45, 7) is 2.45. The third-order valence-electron chi connectivity index (χ3n) is 4.49. The molecular weight excluding hydrogens is 302 g/mol. The zero-order valence-corrected chi connectivity index (χ0v) is 13.3. The van der Waals surface area contributed by atoms with Crippen LogP contribution in [0.15, 0.2) is 36.9 Å². The molecule has 1 N–H and O–H groups in total. The van der Waals surface area contributed by atoms with Crippen LogP contribution in [-0.4, -0.2) is 31.6 Å². The number of ether oxygens (including phenoxy) is 1. The van der Waals surface area contributed by atoms with E-state index in [1.54, 1.807) is 23.1 Å². The zero-order valence-electron chi connectivity index (χ0n) is 12.5. The van der Waals surface area contributed by atoms with Gasteiger partial charge in [0.1, 0.15) is 30.1 Å². The summed E-state index contributed by atoms with van der Waals surface area (Å²) in [5.74, 6) is 0.850. The third-order valence-corrected chi connectivity index (χ3v) is 4.74. The standard InChI is InChI=1S/C16H20ClN3O2/c1-12-3-2-4-15(22-14-7-5-13(17)6-8-14)16(12,21)9-20-11-18-10-19-20/h5-8,10-12,15,21H,2-4,9H2,1H3/t12-,15-,16+/m1/s1. The van der Waals surface area contributed by atoms with Gasteiger partial charge in [0, 0.05) is 5.02 Å². The number of hydrogen-bond donors (Lipinski definition) is 1. The van der Waals surface area contributed by atoms with Crippen molar-refractivity contribution in [2.75, 3.05) is 0 Å². The lowest BCUT2D eigenvalue weighted by atomic mass is 9.74. The molecule has 1 fully saturated rings. The summed E-state index contributed by atoms with van der Waals surface area (Å²) >= 11 is 5.90. The highest BCUT2D eigenvalue weighted by Crippen LogP contribution is 2.37. The van der Waals surface area contributed by atoms with Crippen LogP contribution < -0.4 is 4.74 Å². The minimum absolute atomic E-state index is 0.128. The fourth-order valence-corrected chi connectivity index (χ4v) is 3.22. The molecule has 1 heterocycles. The van der Waals surface area contributed by atoms with Gasteiger partial charge in [-0.25, -0.2) is 9.67 Å². The molecule has 3 atom stereocenters. The maximum absolute atomic E-state index is 11.2. The minimum atomic E-state index is -0.967. The molecule has 2 aromatic rings. The van der Waals surface area contributed by atoms with Crippen molar-refractivity contribution >= 4 is 11.6 Å². The second kappa shape index (κ2) is 6.26. The zero-order chi connectivity index (χ0) is 15.6. The second-order valence-electron chi connectivity index (χ2n) is 5.98. The highest BCUT2D eigenvalue weighted by Gasteiger charge is 2.46. The maximum Gasteiger partial charge on any atom is 0.137 e. The van der Waals surface area contributed by atoms with E-state index in [9.17, 15) is 5.11 Å². The summed E-state index contributed by atoms with van der Waals surface area (Å²) in [7, 11) is 0. The molecule has 6 heteroatoms. The molecule has 1 aliphatic carbocycles. The molecule has 3 rings (SSSR count). The average Bonchev–Trinajstić information content (AvgIpc) is 2.99. The Hall–Kier alpha value is -1.59. The van der Waals surface area contributed by atoms with Crippen molar-refractivity contribution in [2.45, 2.75) is 44.4 Å². The monoisotopic (exact) mass is 321 g/mol. The van der Waals surface area contributed by atoms with Gasteiger partial charge in [-0.05, 0) is 49.4 Å². The molecule has 1 aliphatic rings. The Morgan fingerprint density at radius 3 is 2.82 bits per heavy atom. The van der Waals surface area contributed by atoms with Crippen LogP contribution in [0.25, 0.3) is 0 Å². The van der Waals surface area contributed by atoms with Gasteiger partial charge in [0.05, 0.1) is 6.54 Å². The molecule has 1 aromatic carbocycles. The lowest BCUT2D eigenvalue weighted by molar-refractivity contribution is -0.132. The van der Waals surface area contributed by atoms with Gasteiger partial charge < -0.3 is 9.84 Å². The van der Waals surface area contributed by atoms with Gasteiger partial charge in [-0.3, -0.25) is 0 Å². The van der Waals surface area contributed by atoms with E-state index in [0.717, 1.165) is 25.0 Å². The van der Waals surface area contributed by atoms with E-state index in [1.807, 2.05) is 12.1 Å². The van der Waals surface area contributed by atoms with Crippen molar-refractivity contribution < 1.29 is 9.84 Å². The minimum Gasteiger partial charge on any atom is -0.487 e. The van der Waals surface area contributed by atoms with E-state index in [1.165, 1.54) is 6.33 Å². The SMILES string of the molecule is C[C@@H]1CCC[C@@H](Oc2ccc(Cl)cc2)[C@]1(O)Cn1cncn1. The Balaban J connectivity index is 1.81. The van der Waals surface area contributed by atoms with Crippen molar-refractivity contribution in [2.24, 2.45) is 5.92 Å².